The summed E-state index contributed by atoms with van der Waals surface area (Å²) in [6.45, 7) is 2.49. The normalized spacial score (nSPS) is 11.6. The Morgan fingerprint density at radius 1 is 1.00 bits per heavy atom. The van der Waals surface area contributed by atoms with Crippen LogP contribution in [0.15, 0.2) is 65.6 Å². The van der Waals surface area contributed by atoms with Crippen LogP contribution < -0.4 is 9.46 Å². The third-order valence-corrected chi connectivity index (χ3v) is 6.85. The molecule has 0 bridgehead atoms. The maximum Gasteiger partial charge on any atom is 0.240 e. The molecule has 0 saturated heterocycles. The Hall–Kier alpha value is -2.02. The molecular formula is C21H23NO3S2. The highest BCUT2D eigenvalue weighted by molar-refractivity contribution is 7.98. The number of benzene rings is 3. The van der Waals surface area contributed by atoms with Crippen LogP contribution in [0.4, 0.5) is 0 Å². The molecule has 0 radical (unpaired) electrons. The van der Waals surface area contributed by atoms with E-state index in [9.17, 15) is 8.42 Å². The summed E-state index contributed by atoms with van der Waals surface area (Å²) >= 11 is 1.72. The molecule has 0 amide bonds. The molecule has 0 heterocycles. The van der Waals surface area contributed by atoms with E-state index in [4.69, 9.17) is 4.74 Å². The average Bonchev–Trinajstić information content (AvgIpc) is 2.68. The predicted molar refractivity (Wildman–Crippen MR) is 113 cm³/mol. The molecule has 0 saturated carbocycles. The van der Waals surface area contributed by atoms with Crippen molar-refractivity contribution in [2.24, 2.45) is 0 Å². The van der Waals surface area contributed by atoms with Crippen LogP contribution in [0.25, 0.3) is 10.8 Å². The molecule has 1 N–H and O–H groups in total. The van der Waals surface area contributed by atoms with Gasteiger partial charge in [0.15, 0.2) is 0 Å². The van der Waals surface area contributed by atoms with Crippen LogP contribution in [-0.2, 0) is 15.8 Å². The van der Waals surface area contributed by atoms with Gasteiger partial charge in [-0.1, -0.05) is 36.4 Å². The monoisotopic (exact) mass is 401 g/mol. The van der Waals surface area contributed by atoms with Gasteiger partial charge in [-0.25, -0.2) is 13.1 Å². The van der Waals surface area contributed by atoms with Crippen molar-refractivity contribution in [1.29, 1.82) is 0 Å². The van der Waals surface area contributed by atoms with E-state index in [0.717, 1.165) is 28.0 Å². The van der Waals surface area contributed by atoms with Crippen LogP contribution >= 0.6 is 11.8 Å². The summed E-state index contributed by atoms with van der Waals surface area (Å²) in [6.07, 6.45) is 0. The average molecular weight is 402 g/mol. The van der Waals surface area contributed by atoms with E-state index in [2.05, 4.69) is 23.8 Å². The zero-order valence-corrected chi connectivity index (χ0v) is 17.1. The maximum absolute atomic E-state index is 12.5. The largest absolute Gasteiger partial charge is 0.497 e. The summed E-state index contributed by atoms with van der Waals surface area (Å²) in [6, 6.07) is 19.0. The van der Waals surface area contributed by atoms with Gasteiger partial charge in [-0.2, -0.15) is 11.8 Å². The van der Waals surface area contributed by atoms with Crippen molar-refractivity contribution >= 4 is 32.6 Å². The summed E-state index contributed by atoms with van der Waals surface area (Å²) in [5.41, 5.74) is 2.55. The van der Waals surface area contributed by atoms with Crippen LogP contribution in [0.3, 0.4) is 0 Å². The molecule has 0 aliphatic heterocycles. The molecule has 0 atom stereocenters. The SMILES string of the molecule is COc1ccc2cc(S(=O)(=O)NCCSCc3ccccc3C)ccc2c1. The highest BCUT2D eigenvalue weighted by Gasteiger charge is 2.14. The number of hydrogen-bond donors (Lipinski definition) is 1. The summed E-state index contributed by atoms with van der Waals surface area (Å²) in [4.78, 5) is 0.282. The topological polar surface area (TPSA) is 55.4 Å². The van der Waals surface area contributed by atoms with Gasteiger partial charge < -0.3 is 4.74 Å². The number of sulfonamides is 1. The fourth-order valence-electron chi connectivity index (χ4n) is 2.78. The first kappa shape index (κ1) is 19.7. The van der Waals surface area contributed by atoms with Gasteiger partial charge in [-0.15, -0.1) is 0 Å². The quantitative estimate of drug-likeness (QED) is 0.570. The lowest BCUT2D eigenvalue weighted by Gasteiger charge is -2.09. The molecular weight excluding hydrogens is 378 g/mol. The summed E-state index contributed by atoms with van der Waals surface area (Å²) in [5.74, 6) is 2.35. The molecule has 0 aromatic heterocycles. The van der Waals surface area contributed by atoms with E-state index in [1.165, 1.54) is 11.1 Å². The number of methoxy groups -OCH3 is 1. The number of nitrogens with one attached hydrogen (secondary N) is 1. The van der Waals surface area contributed by atoms with E-state index < -0.39 is 10.0 Å². The van der Waals surface area contributed by atoms with Crippen molar-refractivity contribution in [3.05, 3.63) is 71.8 Å². The molecule has 142 valence electrons. The van der Waals surface area contributed by atoms with Gasteiger partial charge in [0.05, 0.1) is 12.0 Å². The fourth-order valence-corrected chi connectivity index (χ4v) is 4.91. The summed E-state index contributed by atoms with van der Waals surface area (Å²) in [7, 11) is -1.90. The Kier molecular flexibility index (Phi) is 6.42. The van der Waals surface area contributed by atoms with Crippen molar-refractivity contribution in [3.63, 3.8) is 0 Å². The van der Waals surface area contributed by atoms with Crippen LogP contribution in [0.1, 0.15) is 11.1 Å². The predicted octanol–water partition coefficient (Wildman–Crippen LogP) is 4.37. The van der Waals surface area contributed by atoms with E-state index in [1.54, 1.807) is 37.1 Å². The second-order valence-corrected chi connectivity index (χ2v) is 9.12. The Labute approximate surface area is 165 Å². The van der Waals surface area contributed by atoms with E-state index >= 15 is 0 Å². The minimum absolute atomic E-state index is 0.282. The molecule has 0 fully saturated rings. The van der Waals surface area contributed by atoms with E-state index in [1.807, 2.05) is 30.3 Å². The number of fused-ring (bicyclic) bond motifs is 1. The third-order valence-electron chi connectivity index (χ3n) is 4.39. The Morgan fingerprint density at radius 3 is 2.52 bits per heavy atom. The van der Waals surface area contributed by atoms with Crippen molar-refractivity contribution in [1.82, 2.24) is 4.72 Å². The molecule has 3 aromatic carbocycles. The number of hydrogen-bond acceptors (Lipinski definition) is 4. The van der Waals surface area contributed by atoms with Crippen molar-refractivity contribution < 1.29 is 13.2 Å². The number of rotatable bonds is 8. The molecule has 0 aliphatic carbocycles. The molecule has 0 aliphatic rings. The lowest BCUT2D eigenvalue weighted by atomic mass is 10.1. The first-order chi connectivity index (χ1) is 13.0. The molecule has 6 heteroatoms. The Balaban J connectivity index is 1.58. The Morgan fingerprint density at radius 2 is 1.74 bits per heavy atom. The Bertz CT molecular complexity index is 1030. The van der Waals surface area contributed by atoms with Crippen LogP contribution in [-0.4, -0.2) is 27.8 Å². The molecule has 4 nitrogen and oxygen atoms in total. The first-order valence-corrected chi connectivity index (χ1v) is 11.3. The van der Waals surface area contributed by atoms with Crippen LogP contribution in [0.2, 0.25) is 0 Å². The zero-order valence-electron chi connectivity index (χ0n) is 15.4. The number of thioether (sulfide) groups is 1. The fraction of sp³-hybridized carbons (Fsp3) is 0.238. The number of ether oxygens (including phenoxy) is 1. The van der Waals surface area contributed by atoms with Gasteiger partial charge in [0.25, 0.3) is 0 Å². The standard InChI is InChI=1S/C21H23NO3S2/c1-16-5-3-4-6-19(16)15-26-12-11-22-27(23,24)21-10-8-17-13-20(25-2)9-7-18(17)14-21/h3-10,13-14,22H,11-12,15H2,1-2H3. The second-order valence-electron chi connectivity index (χ2n) is 6.25. The van der Waals surface area contributed by atoms with Crippen molar-refractivity contribution in [2.45, 2.75) is 17.6 Å². The smallest absolute Gasteiger partial charge is 0.240 e. The minimum Gasteiger partial charge on any atom is -0.497 e. The van der Waals surface area contributed by atoms with Crippen LogP contribution in [0, 0.1) is 6.92 Å². The van der Waals surface area contributed by atoms with Gasteiger partial charge in [0, 0.05) is 18.1 Å². The van der Waals surface area contributed by atoms with Gasteiger partial charge in [0.1, 0.15) is 5.75 Å². The zero-order chi connectivity index (χ0) is 19.3. The minimum atomic E-state index is -3.52. The molecule has 0 spiro atoms. The third kappa shape index (κ3) is 5.03. The van der Waals surface area contributed by atoms with Gasteiger partial charge in [-0.3, -0.25) is 0 Å². The van der Waals surface area contributed by atoms with E-state index in [0.29, 0.717) is 6.54 Å². The van der Waals surface area contributed by atoms with Gasteiger partial charge >= 0.3 is 0 Å². The van der Waals surface area contributed by atoms with E-state index in [-0.39, 0.29) is 4.90 Å². The lowest BCUT2D eigenvalue weighted by Crippen LogP contribution is -2.26. The number of aryl methyl sites for hydroxylation is 1. The molecule has 3 rings (SSSR count). The van der Waals surface area contributed by atoms with Gasteiger partial charge in [-0.05, 0) is 53.1 Å². The van der Waals surface area contributed by atoms with Crippen molar-refractivity contribution in [3.8, 4) is 5.75 Å². The summed E-state index contributed by atoms with van der Waals surface area (Å²) < 4.78 is 33.0. The summed E-state index contributed by atoms with van der Waals surface area (Å²) in [5, 5.41) is 1.81. The first-order valence-electron chi connectivity index (χ1n) is 8.69. The highest BCUT2D eigenvalue weighted by Crippen LogP contribution is 2.23. The molecule has 0 unspecified atom stereocenters. The second kappa shape index (κ2) is 8.78. The molecule has 3 aromatic rings. The molecule has 27 heavy (non-hydrogen) atoms. The van der Waals surface area contributed by atoms with Crippen molar-refractivity contribution in [2.75, 3.05) is 19.4 Å². The van der Waals surface area contributed by atoms with Gasteiger partial charge in [0.2, 0.25) is 10.0 Å². The highest BCUT2D eigenvalue weighted by atomic mass is 32.2. The lowest BCUT2D eigenvalue weighted by molar-refractivity contribution is 0.415. The van der Waals surface area contributed by atoms with Crippen LogP contribution in [0.5, 0.6) is 5.75 Å². The maximum atomic E-state index is 12.5.